The monoisotopic (exact) mass is 359 g/mol. The van der Waals surface area contributed by atoms with Crippen molar-refractivity contribution in [1.82, 2.24) is 25.5 Å². The molecule has 0 aliphatic heterocycles. The Labute approximate surface area is 148 Å². The zero-order valence-corrected chi connectivity index (χ0v) is 14.7. The summed E-state index contributed by atoms with van der Waals surface area (Å²) < 4.78 is 13.3. The number of nitrogens with one attached hydrogen (secondary N) is 1. The summed E-state index contributed by atoms with van der Waals surface area (Å²) in [5.74, 6) is -0.0299. The van der Waals surface area contributed by atoms with Gasteiger partial charge in [0.05, 0.1) is 6.04 Å². The third-order valence-electron chi connectivity index (χ3n) is 3.65. The lowest BCUT2D eigenvalue weighted by molar-refractivity contribution is -0.123. The summed E-state index contributed by atoms with van der Waals surface area (Å²) in [5.41, 5.74) is 0.519. The number of carbonyl (C=O) groups excluding carboxylic acids is 1. The van der Waals surface area contributed by atoms with Gasteiger partial charge >= 0.3 is 0 Å². The van der Waals surface area contributed by atoms with Gasteiger partial charge in [0.25, 0.3) is 0 Å². The fraction of sp³-hybridized carbons (Fsp3) is 0.294. The minimum absolute atomic E-state index is 0.0447. The third-order valence-corrected chi connectivity index (χ3v) is 4.61. The van der Waals surface area contributed by atoms with E-state index in [-0.39, 0.29) is 36.1 Å². The van der Waals surface area contributed by atoms with E-state index in [1.54, 1.807) is 23.5 Å². The minimum Gasteiger partial charge on any atom is -0.347 e. The number of amides is 1. The van der Waals surface area contributed by atoms with Crippen molar-refractivity contribution in [2.75, 3.05) is 0 Å². The van der Waals surface area contributed by atoms with E-state index in [1.165, 1.54) is 16.9 Å². The van der Waals surface area contributed by atoms with Crippen LogP contribution in [-0.2, 0) is 11.3 Å². The first-order valence-electron chi connectivity index (χ1n) is 7.89. The summed E-state index contributed by atoms with van der Waals surface area (Å²) in [6, 6.07) is 9.85. The molecule has 2 aromatic heterocycles. The molecule has 0 aliphatic carbocycles. The fourth-order valence-electron chi connectivity index (χ4n) is 2.44. The first kappa shape index (κ1) is 17.2. The van der Waals surface area contributed by atoms with Gasteiger partial charge in [0, 0.05) is 10.4 Å². The van der Waals surface area contributed by atoms with E-state index in [1.807, 2.05) is 17.5 Å². The highest BCUT2D eigenvalue weighted by atomic mass is 32.1. The van der Waals surface area contributed by atoms with Crippen molar-refractivity contribution in [3.05, 3.63) is 52.5 Å². The number of carbonyl (C=O) groups is 1. The van der Waals surface area contributed by atoms with Crippen LogP contribution in [0.25, 0.3) is 11.4 Å². The summed E-state index contributed by atoms with van der Waals surface area (Å²) in [6.45, 7) is 4.07. The Morgan fingerprint density at radius 2 is 2.16 bits per heavy atom. The molecular formula is C17H18FN5OS. The van der Waals surface area contributed by atoms with Gasteiger partial charge in [-0.15, -0.1) is 21.5 Å². The first-order chi connectivity index (χ1) is 12.0. The molecule has 1 amide bonds. The zero-order valence-electron chi connectivity index (χ0n) is 13.9. The predicted octanol–water partition coefficient (Wildman–Crippen LogP) is 3.05. The van der Waals surface area contributed by atoms with Crippen molar-refractivity contribution in [3.8, 4) is 11.4 Å². The molecule has 0 spiro atoms. The maximum Gasteiger partial charge on any atom is 0.244 e. The molecule has 6 nitrogen and oxygen atoms in total. The average molecular weight is 359 g/mol. The lowest BCUT2D eigenvalue weighted by Gasteiger charge is -2.21. The summed E-state index contributed by atoms with van der Waals surface area (Å²) in [6.07, 6.45) is 0. The quantitative estimate of drug-likeness (QED) is 0.734. The molecule has 3 aromatic rings. The fourth-order valence-corrected chi connectivity index (χ4v) is 3.38. The standard InChI is InChI=1S/C17H18FN5OS/c1-11(2)16(14-7-4-8-25-14)19-15(24)10-23-21-17(20-22-23)12-5-3-6-13(18)9-12/h3-9,11,16H,10H2,1-2H3,(H,19,24)/t16-/m1/s1. The van der Waals surface area contributed by atoms with Crippen molar-refractivity contribution in [3.63, 3.8) is 0 Å². The van der Waals surface area contributed by atoms with Crippen molar-refractivity contribution < 1.29 is 9.18 Å². The van der Waals surface area contributed by atoms with Gasteiger partial charge in [-0.2, -0.15) is 4.80 Å². The maximum absolute atomic E-state index is 13.3. The van der Waals surface area contributed by atoms with Crippen LogP contribution in [0.2, 0.25) is 0 Å². The largest absolute Gasteiger partial charge is 0.347 e. The molecule has 1 N–H and O–H groups in total. The van der Waals surface area contributed by atoms with Gasteiger partial charge in [0.15, 0.2) is 0 Å². The molecule has 0 saturated heterocycles. The van der Waals surface area contributed by atoms with Crippen molar-refractivity contribution in [2.45, 2.75) is 26.4 Å². The zero-order chi connectivity index (χ0) is 17.8. The Morgan fingerprint density at radius 1 is 1.32 bits per heavy atom. The van der Waals surface area contributed by atoms with Gasteiger partial charge in [-0.1, -0.05) is 32.0 Å². The van der Waals surface area contributed by atoms with E-state index in [0.717, 1.165) is 4.88 Å². The van der Waals surface area contributed by atoms with Crippen molar-refractivity contribution >= 4 is 17.2 Å². The molecule has 0 aliphatic rings. The van der Waals surface area contributed by atoms with Gasteiger partial charge < -0.3 is 5.32 Å². The van der Waals surface area contributed by atoms with Gasteiger partial charge in [0.1, 0.15) is 12.4 Å². The van der Waals surface area contributed by atoms with Gasteiger partial charge in [0.2, 0.25) is 11.7 Å². The number of hydrogen-bond donors (Lipinski definition) is 1. The Hall–Kier alpha value is -2.61. The summed E-state index contributed by atoms with van der Waals surface area (Å²) >= 11 is 1.61. The number of thiophene rings is 1. The number of rotatable bonds is 6. The maximum atomic E-state index is 13.3. The van der Waals surface area contributed by atoms with E-state index >= 15 is 0 Å². The number of aromatic nitrogens is 4. The first-order valence-corrected chi connectivity index (χ1v) is 8.77. The van der Waals surface area contributed by atoms with Crippen LogP contribution in [0.5, 0.6) is 0 Å². The van der Waals surface area contributed by atoms with Crippen LogP contribution < -0.4 is 5.32 Å². The second-order valence-corrected chi connectivity index (χ2v) is 6.94. The number of halogens is 1. The van der Waals surface area contributed by atoms with Gasteiger partial charge in [-0.25, -0.2) is 4.39 Å². The molecule has 130 valence electrons. The van der Waals surface area contributed by atoms with E-state index in [0.29, 0.717) is 5.56 Å². The second-order valence-electron chi connectivity index (χ2n) is 5.96. The third kappa shape index (κ3) is 4.27. The van der Waals surface area contributed by atoms with Gasteiger partial charge in [-0.3, -0.25) is 4.79 Å². The molecule has 0 fully saturated rings. The SMILES string of the molecule is CC(C)[C@@H](NC(=O)Cn1nnc(-c2cccc(F)c2)n1)c1cccs1. The topological polar surface area (TPSA) is 72.7 Å². The molecule has 0 saturated carbocycles. The van der Waals surface area contributed by atoms with E-state index in [4.69, 9.17) is 0 Å². The Balaban J connectivity index is 1.67. The number of tetrazole rings is 1. The Bertz CT molecular complexity index is 846. The van der Waals surface area contributed by atoms with E-state index < -0.39 is 0 Å². The van der Waals surface area contributed by atoms with Crippen LogP contribution in [0, 0.1) is 11.7 Å². The normalized spacial score (nSPS) is 12.3. The molecular weight excluding hydrogens is 341 g/mol. The summed E-state index contributed by atoms with van der Waals surface area (Å²) in [7, 11) is 0. The molecule has 0 bridgehead atoms. The highest BCUT2D eigenvalue weighted by molar-refractivity contribution is 7.10. The number of nitrogens with zero attached hydrogens (tertiary/aromatic N) is 4. The number of benzene rings is 1. The molecule has 3 rings (SSSR count). The Kier molecular flexibility index (Phi) is 5.18. The molecule has 25 heavy (non-hydrogen) atoms. The van der Waals surface area contributed by atoms with Crippen LogP contribution >= 0.6 is 11.3 Å². The van der Waals surface area contributed by atoms with Crippen LogP contribution in [0.15, 0.2) is 41.8 Å². The lowest BCUT2D eigenvalue weighted by atomic mass is 10.0. The van der Waals surface area contributed by atoms with Crippen molar-refractivity contribution in [1.29, 1.82) is 0 Å². The molecule has 8 heteroatoms. The number of hydrogen-bond acceptors (Lipinski definition) is 5. The predicted molar refractivity (Wildman–Crippen MR) is 93.3 cm³/mol. The van der Waals surface area contributed by atoms with E-state index in [9.17, 15) is 9.18 Å². The van der Waals surface area contributed by atoms with Crippen LogP contribution in [0.3, 0.4) is 0 Å². The lowest BCUT2D eigenvalue weighted by Crippen LogP contribution is -2.34. The van der Waals surface area contributed by atoms with Crippen LogP contribution in [-0.4, -0.2) is 26.1 Å². The highest BCUT2D eigenvalue weighted by Gasteiger charge is 2.20. The molecule has 2 heterocycles. The Morgan fingerprint density at radius 3 is 2.84 bits per heavy atom. The second kappa shape index (κ2) is 7.52. The molecule has 1 aromatic carbocycles. The summed E-state index contributed by atoms with van der Waals surface area (Å²) in [5, 5.41) is 16.9. The highest BCUT2D eigenvalue weighted by Crippen LogP contribution is 2.25. The molecule has 0 radical (unpaired) electrons. The van der Waals surface area contributed by atoms with Crippen LogP contribution in [0.4, 0.5) is 4.39 Å². The van der Waals surface area contributed by atoms with Crippen molar-refractivity contribution in [2.24, 2.45) is 5.92 Å². The molecule has 1 atom stereocenters. The smallest absolute Gasteiger partial charge is 0.244 e. The average Bonchev–Trinajstić information content (AvgIpc) is 3.24. The van der Waals surface area contributed by atoms with E-state index in [2.05, 4.69) is 34.6 Å². The molecule has 0 unspecified atom stereocenters. The van der Waals surface area contributed by atoms with Crippen LogP contribution in [0.1, 0.15) is 24.8 Å². The minimum atomic E-state index is -0.373. The summed E-state index contributed by atoms with van der Waals surface area (Å²) in [4.78, 5) is 14.6. The van der Waals surface area contributed by atoms with Gasteiger partial charge in [-0.05, 0) is 34.7 Å².